The fourth-order valence-corrected chi connectivity index (χ4v) is 3.12. The van der Waals surface area contributed by atoms with Crippen LogP contribution in [0.4, 0.5) is 0 Å². The highest BCUT2D eigenvalue weighted by molar-refractivity contribution is 5.83. The second-order valence-corrected chi connectivity index (χ2v) is 6.19. The fraction of sp³-hybridized carbons (Fsp3) is 0.444. The first-order chi connectivity index (χ1) is 11.8. The number of amides is 1. The van der Waals surface area contributed by atoms with Crippen molar-refractivity contribution >= 4 is 5.91 Å². The number of pyridine rings is 1. The minimum Gasteiger partial charge on any atom is -0.363 e. The Bertz CT molecular complexity index is 622. The Labute approximate surface area is 142 Å². The van der Waals surface area contributed by atoms with Crippen molar-refractivity contribution in [1.82, 2.24) is 25.1 Å². The average Bonchev–Trinajstić information content (AvgIpc) is 3.16. The maximum absolute atomic E-state index is 13.1. The van der Waals surface area contributed by atoms with E-state index in [4.69, 9.17) is 0 Å². The summed E-state index contributed by atoms with van der Waals surface area (Å²) in [4.78, 5) is 24.4. The number of H-pyrrole nitrogens is 1. The van der Waals surface area contributed by atoms with Crippen molar-refractivity contribution in [2.75, 3.05) is 39.8 Å². The summed E-state index contributed by atoms with van der Waals surface area (Å²) < 4.78 is 0. The van der Waals surface area contributed by atoms with E-state index in [0.717, 1.165) is 44.8 Å². The van der Waals surface area contributed by atoms with Crippen molar-refractivity contribution in [3.05, 3.63) is 54.1 Å². The van der Waals surface area contributed by atoms with Crippen LogP contribution in [0.2, 0.25) is 0 Å². The molecular weight excluding hydrogens is 302 g/mol. The molecule has 1 aliphatic rings. The Morgan fingerprint density at radius 1 is 1.29 bits per heavy atom. The third-order valence-electron chi connectivity index (χ3n) is 4.52. The zero-order chi connectivity index (χ0) is 16.8. The van der Waals surface area contributed by atoms with Crippen LogP contribution in [0.5, 0.6) is 0 Å². The first-order valence-electron chi connectivity index (χ1n) is 8.47. The van der Waals surface area contributed by atoms with Crippen molar-refractivity contribution in [3.63, 3.8) is 0 Å². The molecule has 1 fully saturated rings. The van der Waals surface area contributed by atoms with Gasteiger partial charge < -0.3 is 15.2 Å². The van der Waals surface area contributed by atoms with Crippen LogP contribution < -0.4 is 5.32 Å². The van der Waals surface area contributed by atoms with E-state index in [-0.39, 0.29) is 11.9 Å². The van der Waals surface area contributed by atoms with Crippen molar-refractivity contribution in [1.29, 1.82) is 0 Å². The number of aromatic nitrogens is 2. The highest BCUT2D eigenvalue weighted by atomic mass is 16.2. The lowest BCUT2D eigenvalue weighted by molar-refractivity contribution is -0.137. The molecule has 0 saturated carbocycles. The van der Waals surface area contributed by atoms with Crippen LogP contribution in [0.25, 0.3) is 0 Å². The topological polar surface area (TPSA) is 64.3 Å². The van der Waals surface area contributed by atoms with Crippen LogP contribution in [0, 0.1) is 0 Å². The minimum atomic E-state index is -0.264. The standard InChI is InChI=1S/C18H25N5O/c1-22(12-6-15-4-8-19-9-5-15)17(16-3-2-7-21-16)18(24)23-13-10-20-11-14-23/h2-5,7-9,17,20-21H,6,10-14H2,1H3. The van der Waals surface area contributed by atoms with E-state index in [9.17, 15) is 4.79 Å². The molecule has 0 aromatic carbocycles. The molecule has 1 saturated heterocycles. The normalized spacial score (nSPS) is 16.3. The van der Waals surface area contributed by atoms with E-state index in [1.165, 1.54) is 5.56 Å². The lowest BCUT2D eigenvalue weighted by atomic mass is 10.1. The lowest BCUT2D eigenvalue weighted by Gasteiger charge is -2.34. The molecule has 0 aliphatic carbocycles. The number of nitrogens with one attached hydrogen (secondary N) is 2. The Balaban J connectivity index is 1.70. The zero-order valence-corrected chi connectivity index (χ0v) is 14.1. The van der Waals surface area contributed by atoms with Gasteiger partial charge in [-0.15, -0.1) is 0 Å². The number of hydrogen-bond donors (Lipinski definition) is 2. The Morgan fingerprint density at radius 2 is 2.04 bits per heavy atom. The van der Waals surface area contributed by atoms with E-state index in [1.54, 1.807) is 0 Å². The lowest BCUT2D eigenvalue weighted by Crippen LogP contribution is -2.50. The Morgan fingerprint density at radius 3 is 2.71 bits per heavy atom. The predicted octanol–water partition coefficient (Wildman–Crippen LogP) is 1.06. The Hall–Kier alpha value is -2.18. The largest absolute Gasteiger partial charge is 0.363 e. The quantitative estimate of drug-likeness (QED) is 0.833. The monoisotopic (exact) mass is 327 g/mol. The molecule has 2 aromatic heterocycles. The van der Waals surface area contributed by atoms with Crippen LogP contribution in [0.15, 0.2) is 42.9 Å². The molecule has 1 amide bonds. The highest BCUT2D eigenvalue weighted by Gasteiger charge is 2.30. The molecule has 3 heterocycles. The van der Waals surface area contributed by atoms with Gasteiger partial charge in [0.2, 0.25) is 5.91 Å². The molecule has 0 bridgehead atoms. The molecular formula is C18H25N5O. The van der Waals surface area contributed by atoms with Gasteiger partial charge in [-0.05, 0) is 43.3 Å². The smallest absolute Gasteiger partial charge is 0.246 e. The summed E-state index contributed by atoms with van der Waals surface area (Å²) in [5, 5.41) is 3.30. The number of likely N-dealkylation sites (N-methyl/N-ethyl adjacent to an activating group) is 1. The van der Waals surface area contributed by atoms with Crippen molar-refractivity contribution < 1.29 is 4.79 Å². The number of rotatable bonds is 6. The SMILES string of the molecule is CN(CCc1ccncc1)C(C(=O)N1CCNCC1)c1ccc[nH]1. The molecule has 128 valence electrons. The first-order valence-corrected chi connectivity index (χ1v) is 8.47. The van der Waals surface area contributed by atoms with Crippen LogP contribution in [0.3, 0.4) is 0 Å². The van der Waals surface area contributed by atoms with E-state index in [1.807, 2.05) is 54.8 Å². The summed E-state index contributed by atoms with van der Waals surface area (Å²) in [5.74, 6) is 0.177. The zero-order valence-electron chi connectivity index (χ0n) is 14.1. The van der Waals surface area contributed by atoms with Crippen LogP contribution in [-0.2, 0) is 11.2 Å². The van der Waals surface area contributed by atoms with Gasteiger partial charge in [-0.1, -0.05) is 0 Å². The van der Waals surface area contributed by atoms with Gasteiger partial charge in [0.15, 0.2) is 0 Å². The summed E-state index contributed by atoms with van der Waals surface area (Å²) in [5.41, 5.74) is 2.19. The van der Waals surface area contributed by atoms with Gasteiger partial charge in [0.25, 0.3) is 0 Å². The van der Waals surface area contributed by atoms with Crippen molar-refractivity contribution in [2.45, 2.75) is 12.5 Å². The molecule has 0 spiro atoms. The summed E-state index contributed by atoms with van der Waals surface area (Å²) in [7, 11) is 2.02. The molecule has 24 heavy (non-hydrogen) atoms. The second kappa shape index (κ2) is 8.08. The van der Waals surface area contributed by atoms with E-state index in [0.29, 0.717) is 0 Å². The van der Waals surface area contributed by atoms with Crippen molar-refractivity contribution in [3.8, 4) is 0 Å². The maximum Gasteiger partial charge on any atom is 0.246 e. The highest BCUT2D eigenvalue weighted by Crippen LogP contribution is 2.21. The fourth-order valence-electron chi connectivity index (χ4n) is 3.12. The maximum atomic E-state index is 13.1. The number of aromatic amines is 1. The van der Waals surface area contributed by atoms with E-state index in [2.05, 4.69) is 20.2 Å². The molecule has 0 radical (unpaired) electrons. The molecule has 6 heteroatoms. The number of nitrogens with zero attached hydrogens (tertiary/aromatic N) is 3. The van der Waals surface area contributed by atoms with Crippen molar-refractivity contribution in [2.24, 2.45) is 0 Å². The number of carbonyl (C=O) groups excluding carboxylic acids is 1. The molecule has 1 unspecified atom stereocenters. The predicted molar refractivity (Wildman–Crippen MR) is 93.6 cm³/mol. The van der Waals surface area contributed by atoms with Crippen LogP contribution >= 0.6 is 0 Å². The second-order valence-electron chi connectivity index (χ2n) is 6.19. The van der Waals surface area contributed by atoms with Gasteiger partial charge in [-0.3, -0.25) is 14.7 Å². The Kier molecular flexibility index (Phi) is 5.61. The van der Waals surface area contributed by atoms with Gasteiger partial charge in [0.1, 0.15) is 6.04 Å². The third-order valence-corrected chi connectivity index (χ3v) is 4.52. The summed E-state index contributed by atoms with van der Waals surface area (Å²) in [6.07, 6.45) is 6.39. The average molecular weight is 327 g/mol. The van der Waals surface area contributed by atoms with Gasteiger partial charge in [0, 0.05) is 57.0 Å². The molecule has 1 atom stereocenters. The van der Waals surface area contributed by atoms with Crippen LogP contribution in [-0.4, -0.2) is 65.4 Å². The molecule has 3 rings (SSSR count). The van der Waals surface area contributed by atoms with Crippen LogP contribution in [0.1, 0.15) is 17.3 Å². The molecule has 2 N–H and O–H groups in total. The number of carbonyl (C=O) groups is 1. The number of hydrogen-bond acceptors (Lipinski definition) is 4. The first kappa shape index (κ1) is 16.7. The summed E-state index contributed by atoms with van der Waals surface area (Å²) in [6, 6.07) is 7.73. The molecule has 1 aliphatic heterocycles. The van der Waals surface area contributed by atoms with Gasteiger partial charge in [-0.2, -0.15) is 0 Å². The number of piperazine rings is 1. The molecule has 2 aromatic rings. The van der Waals surface area contributed by atoms with Gasteiger partial charge in [-0.25, -0.2) is 0 Å². The van der Waals surface area contributed by atoms with Gasteiger partial charge in [0.05, 0.1) is 0 Å². The van der Waals surface area contributed by atoms with E-state index >= 15 is 0 Å². The minimum absolute atomic E-state index is 0.177. The van der Waals surface area contributed by atoms with Gasteiger partial charge >= 0.3 is 0 Å². The third kappa shape index (κ3) is 4.01. The summed E-state index contributed by atoms with van der Waals surface area (Å²) >= 11 is 0. The van der Waals surface area contributed by atoms with E-state index < -0.39 is 0 Å². The summed E-state index contributed by atoms with van der Waals surface area (Å²) in [6.45, 7) is 4.09. The molecule has 6 nitrogen and oxygen atoms in total.